The second-order valence-electron chi connectivity index (χ2n) is 8.18. The van der Waals surface area contributed by atoms with E-state index in [0.29, 0.717) is 33.7 Å². The van der Waals surface area contributed by atoms with Crippen molar-refractivity contribution in [3.8, 4) is 22.1 Å². The number of urea groups is 1. The van der Waals surface area contributed by atoms with Crippen LogP contribution in [0.3, 0.4) is 0 Å². The van der Waals surface area contributed by atoms with Crippen molar-refractivity contribution >= 4 is 34.1 Å². The maximum absolute atomic E-state index is 13.2. The van der Waals surface area contributed by atoms with Gasteiger partial charge >= 0.3 is 6.03 Å². The Labute approximate surface area is 211 Å². The van der Waals surface area contributed by atoms with Crippen molar-refractivity contribution < 1.29 is 19.1 Å². The van der Waals surface area contributed by atoms with E-state index in [1.807, 2.05) is 67.6 Å². The SMILES string of the molecule is Cc1ccc(NC(=O)NC(Cc2ccccc2)C(=O)Nc2nnc(-c3ccc4c(c3)OCO4)s2)cc1. The van der Waals surface area contributed by atoms with Gasteiger partial charge in [-0.15, -0.1) is 10.2 Å². The summed E-state index contributed by atoms with van der Waals surface area (Å²) in [5.74, 6) is 0.918. The van der Waals surface area contributed by atoms with Gasteiger partial charge in [0, 0.05) is 17.7 Å². The molecule has 1 aliphatic heterocycles. The highest BCUT2D eigenvalue weighted by molar-refractivity contribution is 7.18. The van der Waals surface area contributed by atoms with Crippen LogP contribution in [0.15, 0.2) is 72.8 Å². The summed E-state index contributed by atoms with van der Waals surface area (Å²) in [6.45, 7) is 2.15. The first kappa shape index (κ1) is 23.3. The molecule has 0 aliphatic carbocycles. The molecule has 0 saturated heterocycles. The minimum atomic E-state index is -0.837. The van der Waals surface area contributed by atoms with Gasteiger partial charge in [-0.25, -0.2) is 4.79 Å². The van der Waals surface area contributed by atoms with Crippen molar-refractivity contribution in [2.75, 3.05) is 17.4 Å². The largest absolute Gasteiger partial charge is 0.454 e. The lowest BCUT2D eigenvalue weighted by molar-refractivity contribution is -0.117. The van der Waals surface area contributed by atoms with E-state index < -0.39 is 18.0 Å². The van der Waals surface area contributed by atoms with Crippen LogP contribution in [0.5, 0.6) is 11.5 Å². The number of hydrogen-bond acceptors (Lipinski definition) is 7. The van der Waals surface area contributed by atoms with E-state index in [2.05, 4.69) is 26.1 Å². The smallest absolute Gasteiger partial charge is 0.319 e. The molecule has 0 fully saturated rings. The van der Waals surface area contributed by atoms with E-state index in [1.54, 1.807) is 12.1 Å². The van der Waals surface area contributed by atoms with Crippen LogP contribution in [-0.4, -0.2) is 35.0 Å². The number of hydrogen-bond donors (Lipinski definition) is 3. The maximum atomic E-state index is 13.2. The average molecular weight is 502 g/mol. The van der Waals surface area contributed by atoms with Gasteiger partial charge in [0.15, 0.2) is 11.5 Å². The second kappa shape index (κ2) is 10.4. The molecule has 4 aromatic rings. The summed E-state index contributed by atoms with van der Waals surface area (Å²) in [5, 5.41) is 17.6. The lowest BCUT2D eigenvalue weighted by Crippen LogP contribution is -2.46. The number of nitrogens with one attached hydrogen (secondary N) is 3. The summed E-state index contributed by atoms with van der Waals surface area (Å²) in [5.41, 5.74) is 3.43. The number of nitrogens with zero attached hydrogens (tertiary/aromatic N) is 2. The Morgan fingerprint density at radius 3 is 2.53 bits per heavy atom. The fourth-order valence-electron chi connectivity index (χ4n) is 3.63. The van der Waals surface area contributed by atoms with Crippen molar-refractivity contribution in [1.82, 2.24) is 15.5 Å². The van der Waals surface area contributed by atoms with Crippen LogP contribution in [0.4, 0.5) is 15.6 Å². The quantitative estimate of drug-likeness (QED) is 0.341. The molecule has 182 valence electrons. The predicted molar refractivity (Wildman–Crippen MR) is 137 cm³/mol. The highest BCUT2D eigenvalue weighted by atomic mass is 32.1. The van der Waals surface area contributed by atoms with Crippen LogP contribution in [0, 0.1) is 6.92 Å². The molecule has 5 rings (SSSR count). The molecular formula is C26H23N5O4S. The van der Waals surface area contributed by atoms with Crippen molar-refractivity contribution in [3.63, 3.8) is 0 Å². The topological polar surface area (TPSA) is 114 Å². The molecular weight excluding hydrogens is 478 g/mol. The molecule has 36 heavy (non-hydrogen) atoms. The van der Waals surface area contributed by atoms with Gasteiger partial charge in [-0.05, 0) is 42.8 Å². The molecule has 1 aliphatic rings. The number of aromatic nitrogens is 2. The molecule has 0 bridgehead atoms. The second-order valence-corrected chi connectivity index (χ2v) is 9.15. The van der Waals surface area contributed by atoms with Crippen LogP contribution in [0.2, 0.25) is 0 Å². The Morgan fingerprint density at radius 2 is 1.72 bits per heavy atom. The van der Waals surface area contributed by atoms with Gasteiger partial charge in [-0.2, -0.15) is 0 Å². The van der Waals surface area contributed by atoms with Gasteiger partial charge in [-0.1, -0.05) is 59.4 Å². The summed E-state index contributed by atoms with van der Waals surface area (Å²) >= 11 is 1.23. The first-order valence-electron chi connectivity index (χ1n) is 11.3. The molecule has 1 aromatic heterocycles. The molecule has 0 spiro atoms. The minimum Gasteiger partial charge on any atom is -0.454 e. The van der Waals surface area contributed by atoms with Crippen LogP contribution in [0.1, 0.15) is 11.1 Å². The zero-order chi connectivity index (χ0) is 24.9. The zero-order valence-electron chi connectivity index (χ0n) is 19.4. The lowest BCUT2D eigenvalue weighted by Gasteiger charge is -2.18. The lowest BCUT2D eigenvalue weighted by atomic mass is 10.1. The summed E-state index contributed by atoms with van der Waals surface area (Å²) < 4.78 is 10.8. The summed E-state index contributed by atoms with van der Waals surface area (Å²) in [4.78, 5) is 25.9. The van der Waals surface area contributed by atoms with Crippen molar-refractivity contribution in [3.05, 3.63) is 83.9 Å². The molecule has 1 atom stereocenters. The third-order valence-corrected chi connectivity index (χ3v) is 6.38. The van der Waals surface area contributed by atoms with Crippen LogP contribution < -0.4 is 25.4 Å². The van der Waals surface area contributed by atoms with E-state index >= 15 is 0 Å². The van der Waals surface area contributed by atoms with Gasteiger partial charge in [0.2, 0.25) is 17.8 Å². The highest BCUT2D eigenvalue weighted by Gasteiger charge is 2.23. The number of ether oxygens (including phenoxy) is 2. The number of benzene rings is 3. The number of carbonyl (C=O) groups excluding carboxylic acids is 2. The highest BCUT2D eigenvalue weighted by Crippen LogP contribution is 2.37. The molecule has 10 heteroatoms. The number of aryl methyl sites for hydroxylation is 1. The third kappa shape index (κ3) is 5.61. The van der Waals surface area contributed by atoms with Crippen molar-refractivity contribution in [2.45, 2.75) is 19.4 Å². The standard InChI is InChI=1S/C26H23N5O4S/c1-16-7-10-19(11-8-16)27-25(33)28-20(13-17-5-3-2-4-6-17)23(32)29-26-31-30-24(36-26)18-9-12-21-22(14-18)35-15-34-21/h2-12,14,20H,13,15H2,1H3,(H2,27,28,33)(H,29,31,32). The molecule has 3 N–H and O–H groups in total. The van der Waals surface area contributed by atoms with E-state index in [9.17, 15) is 9.59 Å². The van der Waals surface area contributed by atoms with Crippen molar-refractivity contribution in [2.24, 2.45) is 0 Å². The van der Waals surface area contributed by atoms with E-state index in [1.165, 1.54) is 11.3 Å². The normalized spacial score (nSPS) is 12.6. The van der Waals surface area contributed by atoms with Crippen molar-refractivity contribution in [1.29, 1.82) is 0 Å². The molecule has 0 radical (unpaired) electrons. The molecule has 3 aromatic carbocycles. The van der Waals surface area contributed by atoms with Crippen LogP contribution in [-0.2, 0) is 11.2 Å². The fourth-order valence-corrected chi connectivity index (χ4v) is 4.38. The fraction of sp³-hybridized carbons (Fsp3) is 0.154. The Hall–Kier alpha value is -4.44. The number of amides is 3. The Kier molecular flexibility index (Phi) is 6.76. The Bertz CT molecular complexity index is 1370. The molecule has 3 amide bonds. The minimum absolute atomic E-state index is 0.184. The van der Waals surface area contributed by atoms with Crippen LogP contribution >= 0.6 is 11.3 Å². The Morgan fingerprint density at radius 1 is 0.944 bits per heavy atom. The molecule has 0 saturated carbocycles. The number of anilines is 2. The van der Waals surface area contributed by atoms with E-state index in [-0.39, 0.29) is 6.79 Å². The monoisotopic (exact) mass is 501 g/mol. The third-order valence-electron chi connectivity index (χ3n) is 5.49. The van der Waals surface area contributed by atoms with Gasteiger partial charge in [0.25, 0.3) is 0 Å². The summed E-state index contributed by atoms with van der Waals surface area (Å²) in [7, 11) is 0. The first-order chi connectivity index (χ1) is 17.5. The number of carbonyl (C=O) groups is 2. The maximum Gasteiger partial charge on any atom is 0.319 e. The molecule has 1 unspecified atom stereocenters. The zero-order valence-corrected chi connectivity index (χ0v) is 20.2. The van der Waals surface area contributed by atoms with E-state index in [4.69, 9.17) is 9.47 Å². The van der Waals surface area contributed by atoms with Gasteiger partial charge in [0.05, 0.1) is 0 Å². The predicted octanol–water partition coefficient (Wildman–Crippen LogP) is 4.61. The average Bonchev–Trinajstić information content (AvgIpc) is 3.55. The number of rotatable bonds is 7. The molecule has 9 nitrogen and oxygen atoms in total. The molecule has 2 heterocycles. The van der Waals surface area contributed by atoms with Gasteiger partial charge in [-0.3, -0.25) is 10.1 Å². The van der Waals surface area contributed by atoms with Gasteiger partial charge < -0.3 is 20.1 Å². The summed E-state index contributed by atoms with van der Waals surface area (Å²) in [6.07, 6.45) is 0.307. The van der Waals surface area contributed by atoms with E-state index in [0.717, 1.165) is 16.7 Å². The van der Waals surface area contributed by atoms with Gasteiger partial charge in [0.1, 0.15) is 11.0 Å². The number of fused-ring (bicyclic) bond motifs is 1. The Balaban J connectivity index is 1.29. The first-order valence-corrected chi connectivity index (χ1v) is 12.1. The van der Waals surface area contributed by atoms with Crippen LogP contribution in [0.25, 0.3) is 10.6 Å². The summed E-state index contributed by atoms with van der Waals surface area (Å²) in [6, 6.07) is 21.1.